The van der Waals surface area contributed by atoms with Crippen LogP contribution in [-0.2, 0) is 14.8 Å². The van der Waals surface area contributed by atoms with Crippen LogP contribution in [0, 0.1) is 0 Å². The third-order valence-corrected chi connectivity index (χ3v) is 6.25. The first-order valence-corrected chi connectivity index (χ1v) is 9.43. The van der Waals surface area contributed by atoms with Gasteiger partial charge in [0.25, 0.3) is 5.91 Å². The maximum absolute atomic E-state index is 12.5. The molecule has 0 saturated carbocycles. The van der Waals surface area contributed by atoms with Gasteiger partial charge in [0.05, 0.1) is 17.6 Å². The Kier molecular flexibility index (Phi) is 4.70. The Morgan fingerprint density at radius 3 is 2.39 bits per heavy atom. The molecule has 0 spiro atoms. The number of sulfonamides is 1. The van der Waals surface area contributed by atoms with Crippen LogP contribution in [0.4, 0.5) is 0 Å². The molecular weight excluding hydrogens is 316 g/mol. The largest absolute Gasteiger partial charge is 0.375 e. The summed E-state index contributed by atoms with van der Waals surface area (Å²) < 4.78 is 31.9. The van der Waals surface area contributed by atoms with Crippen molar-refractivity contribution in [1.82, 2.24) is 9.21 Å². The van der Waals surface area contributed by atoms with Gasteiger partial charge in [0.2, 0.25) is 10.0 Å². The normalized spacial score (nSPS) is 23.2. The molecule has 7 heteroatoms. The van der Waals surface area contributed by atoms with E-state index in [2.05, 4.69) is 0 Å². The van der Waals surface area contributed by atoms with E-state index in [4.69, 9.17) is 4.74 Å². The molecular formula is C16H22N2O4S. The Labute approximate surface area is 137 Å². The standard InChI is InChI=1S/C16H22N2O4S/c1-13-12-17(10-11-22-13)16(19)14-4-6-15(7-5-14)23(20,21)18-8-2-3-9-18/h4-7,13H,2-3,8-12H2,1H3/t13-/m1/s1. The summed E-state index contributed by atoms with van der Waals surface area (Å²) in [5.74, 6) is -0.0785. The minimum Gasteiger partial charge on any atom is -0.375 e. The van der Waals surface area contributed by atoms with Crippen LogP contribution < -0.4 is 0 Å². The molecule has 23 heavy (non-hydrogen) atoms. The fourth-order valence-electron chi connectivity index (χ4n) is 3.03. The van der Waals surface area contributed by atoms with E-state index in [0.717, 1.165) is 12.8 Å². The summed E-state index contributed by atoms with van der Waals surface area (Å²) in [5, 5.41) is 0. The number of carbonyl (C=O) groups is 1. The van der Waals surface area contributed by atoms with Crippen LogP contribution in [0.15, 0.2) is 29.2 Å². The summed E-state index contributed by atoms with van der Waals surface area (Å²) in [6.07, 6.45) is 1.85. The molecule has 6 nitrogen and oxygen atoms in total. The average molecular weight is 338 g/mol. The van der Waals surface area contributed by atoms with E-state index in [1.807, 2.05) is 6.92 Å². The molecule has 2 heterocycles. The molecule has 0 N–H and O–H groups in total. The molecule has 126 valence electrons. The second kappa shape index (κ2) is 6.59. The maximum Gasteiger partial charge on any atom is 0.254 e. The summed E-state index contributed by atoms with van der Waals surface area (Å²) in [5.41, 5.74) is 0.513. The Morgan fingerprint density at radius 1 is 1.13 bits per heavy atom. The summed E-state index contributed by atoms with van der Waals surface area (Å²) in [6, 6.07) is 6.27. The van der Waals surface area contributed by atoms with Gasteiger partial charge in [-0.05, 0) is 44.0 Å². The molecule has 3 rings (SSSR count). The molecule has 1 aromatic rings. The number of rotatable bonds is 3. The zero-order valence-corrected chi connectivity index (χ0v) is 14.1. The first-order chi connectivity index (χ1) is 11.0. The first-order valence-electron chi connectivity index (χ1n) is 7.99. The quantitative estimate of drug-likeness (QED) is 0.834. The minimum atomic E-state index is -3.43. The predicted octanol–water partition coefficient (Wildman–Crippen LogP) is 1.33. The molecule has 2 fully saturated rings. The second-order valence-electron chi connectivity index (χ2n) is 6.07. The lowest BCUT2D eigenvalue weighted by molar-refractivity contribution is -0.0124. The van der Waals surface area contributed by atoms with Gasteiger partial charge in [0.1, 0.15) is 0 Å². The van der Waals surface area contributed by atoms with Crippen molar-refractivity contribution in [2.75, 3.05) is 32.8 Å². The highest BCUT2D eigenvalue weighted by atomic mass is 32.2. The summed E-state index contributed by atoms with van der Waals surface area (Å²) in [7, 11) is -3.43. The lowest BCUT2D eigenvalue weighted by Gasteiger charge is -2.31. The zero-order valence-electron chi connectivity index (χ0n) is 13.3. The van der Waals surface area contributed by atoms with Gasteiger partial charge >= 0.3 is 0 Å². The molecule has 2 saturated heterocycles. The Morgan fingerprint density at radius 2 is 1.78 bits per heavy atom. The second-order valence-corrected chi connectivity index (χ2v) is 8.01. The molecule has 1 aromatic carbocycles. The van der Waals surface area contributed by atoms with Gasteiger partial charge in [-0.25, -0.2) is 8.42 Å². The van der Waals surface area contributed by atoms with Crippen molar-refractivity contribution in [3.05, 3.63) is 29.8 Å². The monoisotopic (exact) mass is 338 g/mol. The van der Waals surface area contributed by atoms with Crippen LogP contribution in [0.1, 0.15) is 30.1 Å². The number of ether oxygens (including phenoxy) is 1. The summed E-state index contributed by atoms with van der Waals surface area (Å²) in [6.45, 7) is 4.76. The highest BCUT2D eigenvalue weighted by molar-refractivity contribution is 7.89. The number of amides is 1. The number of carbonyl (C=O) groups excluding carboxylic acids is 1. The van der Waals surface area contributed by atoms with Gasteiger partial charge in [-0.2, -0.15) is 4.31 Å². The first kappa shape index (κ1) is 16.4. The number of hydrogen-bond acceptors (Lipinski definition) is 4. The molecule has 0 aromatic heterocycles. The van der Waals surface area contributed by atoms with Gasteiger partial charge in [0, 0.05) is 31.7 Å². The van der Waals surface area contributed by atoms with Gasteiger partial charge < -0.3 is 9.64 Å². The van der Waals surface area contributed by atoms with Crippen molar-refractivity contribution in [2.24, 2.45) is 0 Å². The van der Waals surface area contributed by atoms with Gasteiger partial charge in [-0.15, -0.1) is 0 Å². The van der Waals surface area contributed by atoms with Crippen molar-refractivity contribution in [3.63, 3.8) is 0 Å². The average Bonchev–Trinajstić information content (AvgIpc) is 3.09. The lowest BCUT2D eigenvalue weighted by Crippen LogP contribution is -2.44. The molecule has 0 radical (unpaired) electrons. The fraction of sp³-hybridized carbons (Fsp3) is 0.562. The minimum absolute atomic E-state index is 0.0301. The Bertz CT molecular complexity index is 666. The van der Waals surface area contributed by atoms with E-state index in [1.54, 1.807) is 17.0 Å². The zero-order chi connectivity index (χ0) is 16.4. The molecule has 1 atom stereocenters. The molecule has 0 bridgehead atoms. The number of hydrogen-bond donors (Lipinski definition) is 0. The Hall–Kier alpha value is -1.44. The molecule has 0 unspecified atom stereocenters. The van der Waals surface area contributed by atoms with Crippen LogP contribution >= 0.6 is 0 Å². The van der Waals surface area contributed by atoms with Crippen molar-refractivity contribution in [2.45, 2.75) is 30.8 Å². The van der Waals surface area contributed by atoms with Crippen LogP contribution in [0.2, 0.25) is 0 Å². The van der Waals surface area contributed by atoms with E-state index in [9.17, 15) is 13.2 Å². The third-order valence-electron chi connectivity index (χ3n) is 4.33. The SMILES string of the molecule is C[C@@H]1CN(C(=O)c2ccc(S(=O)(=O)N3CCCC3)cc2)CCO1. The number of morpholine rings is 1. The van der Waals surface area contributed by atoms with E-state index in [1.165, 1.54) is 16.4 Å². The predicted molar refractivity (Wildman–Crippen MR) is 85.8 cm³/mol. The highest BCUT2D eigenvalue weighted by Gasteiger charge is 2.28. The van der Waals surface area contributed by atoms with Gasteiger partial charge in [0.15, 0.2) is 0 Å². The lowest BCUT2D eigenvalue weighted by atomic mass is 10.2. The molecule has 0 aliphatic carbocycles. The Balaban J connectivity index is 1.75. The van der Waals surface area contributed by atoms with Gasteiger partial charge in [-0.3, -0.25) is 4.79 Å². The number of benzene rings is 1. The van der Waals surface area contributed by atoms with E-state index in [-0.39, 0.29) is 16.9 Å². The summed E-state index contributed by atoms with van der Waals surface area (Å²) in [4.78, 5) is 14.5. The van der Waals surface area contributed by atoms with Gasteiger partial charge in [-0.1, -0.05) is 0 Å². The smallest absolute Gasteiger partial charge is 0.254 e. The van der Waals surface area contributed by atoms with E-state index >= 15 is 0 Å². The van der Waals surface area contributed by atoms with Crippen molar-refractivity contribution in [1.29, 1.82) is 0 Å². The maximum atomic E-state index is 12.5. The van der Waals surface area contributed by atoms with Crippen LogP contribution in [0.25, 0.3) is 0 Å². The summed E-state index contributed by atoms with van der Waals surface area (Å²) >= 11 is 0. The molecule has 2 aliphatic rings. The van der Waals surface area contributed by atoms with E-state index in [0.29, 0.717) is 38.3 Å². The van der Waals surface area contributed by atoms with E-state index < -0.39 is 10.0 Å². The molecule has 2 aliphatic heterocycles. The highest BCUT2D eigenvalue weighted by Crippen LogP contribution is 2.21. The van der Waals surface area contributed by atoms with Crippen molar-refractivity contribution in [3.8, 4) is 0 Å². The molecule has 1 amide bonds. The van der Waals surface area contributed by atoms with Crippen molar-refractivity contribution < 1.29 is 17.9 Å². The number of nitrogens with zero attached hydrogens (tertiary/aromatic N) is 2. The van der Waals surface area contributed by atoms with Crippen molar-refractivity contribution >= 4 is 15.9 Å². The fourth-order valence-corrected chi connectivity index (χ4v) is 4.55. The van der Waals surface area contributed by atoms with Crippen LogP contribution in [0.5, 0.6) is 0 Å². The van der Waals surface area contributed by atoms with Crippen LogP contribution in [0.3, 0.4) is 0 Å². The third kappa shape index (κ3) is 3.41. The van der Waals surface area contributed by atoms with Crippen LogP contribution in [-0.4, -0.2) is 62.4 Å². The topological polar surface area (TPSA) is 66.9 Å².